The van der Waals surface area contributed by atoms with Crippen LogP contribution in [0, 0.1) is 0 Å². The number of hydrogen-bond acceptors (Lipinski definition) is 4. The van der Waals surface area contributed by atoms with Crippen molar-refractivity contribution < 1.29 is 20.1 Å². The van der Waals surface area contributed by atoms with E-state index in [1.807, 2.05) is 6.92 Å². The van der Waals surface area contributed by atoms with Crippen LogP contribution in [0.5, 0.6) is 0 Å². The maximum absolute atomic E-state index is 8.17. The molecular formula is C7H18O4. The molecule has 0 aliphatic heterocycles. The van der Waals surface area contributed by atoms with Crippen LogP contribution in [-0.2, 0) is 4.74 Å². The van der Waals surface area contributed by atoms with Crippen molar-refractivity contribution in [3.8, 4) is 0 Å². The smallest absolute Gasteiger partial charge is 0.0697 e. The van der Waals surface area contributed by atoms with Gasteiger partial charge in [0.1, 0.15) is 0 Å². The van der Waals surface area contributed by atoms with Crippen molar-refractivity contribution in [3.05, 3.63) is 0 Å². The Morgan fingerprint density at radius 3 is 1.73 bits per heavy atom. The molecule has 0 unspecified atom stereocenters. The maximum Gasteiger partial charge on any atom is 0.0697 e. The molecule has 3 N–H and O–H groups in total. The summed E-state index contributed by atoms with van der Waals surface area (Å²) in [4.78, 5) is 0. The summed E-state index contributed by atoms with van der Waals surface area (Å²) in [6.07, 6.45) is 1.03. The second-order valence-electron chi connectivity index (χ2n) is 1.78. The van der Waals surface area contributed by atoms with Crippen LogP contribution in [0.25, 0.3) is 0 Å². The average molecular weight is 166 g/mol. The summed E-state index contributed by atoms with van der Waals surface area (Å²) in [6.45, 7) is 3.17. The third kappa shape index (κ3) is 25.8. The fraction of sp³-hybridized carbons (Fsp3) is 1.00. The summed E-state index contributed by atoms with van der Waals surface area (Å²) < 4.78 is 4.88. The van der Waals surface area contributed by atoms with Crippen molar-refractivity contribution in [3.63, 3.8) is 0 Å². The normalized spacial score (nSPS) is 8.73. The molecule has 0 aromatic heterocycles. The molecule has 0 aromatic rings. The van der Waals surface area contributed by atoms with E-state index in [9.17, 15) is 0 Å². The predicted octanol–water partition coefficient (Wildman–Crippen LogP) is -0.624. The van der Waals surface area contributed by atoms with Gasteiger partial charge in [-0.1, -0.05) is 6.92 Å². The van der Waals surface area contributed by atoms with Crippen molar-refractivity contribution in [1.29, 1.82) is 0 Å². The fourth-order valence-electron chi connectivity index (χ4n) is 0.311. The Labute approximate surface area is 67.4 Å². The minimum Gasteiger partial charge on any atom is -0.394 e. The summed E-state index contributed by atoms with van der Waals surface area (Å²) >= 11 is 0. The molecule has 0 heterocycles. The van der Waals surface area contributed by atoms with E-state index in [4.69, 9.17) is 20.1 Å². The van der Waals surface area contributed by atoms with Gasteiger partial charge >= 0.3 is 0 Å². The predicted molar refractivity (Wildman–Crippen MR) is 42.4 cm³/mol. The highest BCUT2D eigenvalue weighted by atomic mass is 16.5. The Kier molecular flexibility index (Phi) is 20.1. The highest BCUT2D eigenvalue weighted by Crippen LogP contribution is 1.76. The third-order valence-electron chi connectivity index (χ3n) is 0.684. The molecule has 0 atom stereocenters. The van der Waals surface area contributed by atoms with Crippen molar-refractivity contribution >= 4 is 0 Å². The van der Waals surface area contributed by atoms with Crippen LogP contribution in [0.15, 0.2) is 0 Å². The Balaban J connectivity index is 0. The van der Waals surface area contributed by atoms with Gasteiger partial charge in [-0.15, -0.1) is 0 Å². The van der Waals surface area contributed by atoms with Gasteiger partial charge in [0.05, 0.1) is 26.4 Å². The Morgan fingerprint density at radius 2 is 1.45 bits per heavy atom. The molecule has 11 heavy (non-hydrogen) atoms. The van der Waals surface area contributed by atoms with Crippen molar-refractivity contribution in [1.82, 2.24) is 0 Å². The van der Waals surface area contributed by atoms with Gasteiger partial charge in [0.25, 0.3) is 0 Å². The van der Waals surface area contributed by atoms with Gasteiger partial charge < -0.3 is 20.1 Å². The molecular weight excluding hydrogens is 148 g/mol. The van der Waals surface area contributed by atoms with Crippen molar-refractivity contribution in [2.45, 2.75) is 13.3 Å². The molecule has 0 saturated heterocycles. The molecule has 0 bridgehead atoms. The second-order valence-corrected chi connectivity index (χ2v) is 1.78. The molecule has 0 aliphatic rings. The first kappa shape index (κ1) is 13.4. The minimum atomic E-state index is -0.125. The lowest BCUT2D eigenvalue weighted by molar-refractivity contribution is 0.0928. The number of aliphatic hydroxyl groups excluding tert-OH is 3. The van der Waals surface area contributed by atoms with E-state index < -0.39 is 0 Å². The van der Waals surface area contributed by atoms with E-state index in [0.29, 0.717) is 6.61 Å². The van der Waals surface area contributed by atoms with Gasteiger partial charge in [0.2, 0.25) is 0 Å². The van der Waals surface area contributed by atoms with E-state index in [2.05, 4.69) is 0 Å². The molecule has 0 radical (unpaired) electrons. The Bertz CT molecular complexity index is 43.7. The topological polar surface area (TPSA) is 69.9 Å². The zero-order valence-corrected chi connectivity index (χ0v) is 6.99. The molecule has 0 spiro atoms. The molecule has 0 saturated carbocycles. The molecule has 4 heteroatoms. The molecule has 0 amide bonds. The van der Waals surface area contributed by atoms with Gasteiger partial charge in [0, 0.05) is 6.61 Å². The van der Waals surface area contributed by atoms with Gasteiger partial charge in [-0.25, -0.2) is 0 Å². The van der Waals surface area contributed by atoms with Crippen LogP contribution in [0.3, 0.4) is 0 Å². The highest BCUT2D eigenvalue weighted by Gasteiger charge is 1.78. The van der Waals surface area contributed by atoms with E-state index in [1.165, 1.54) is 0 Å². The lowest BCUT2D eigenvalue weighted by atomic mass is 10.5. The summed E-state index contributed by atoms with van der Waals surface area (Å²) in [7, 11) is 0. The van der Waals surface area contributed by atoms with Gasteiger partial charge in [-0.3, -0.25) is 0 Å². The summed E-state index contributed by atoms with van der Waals surface area (Å²) in [5.41, 5.74) is 0. The quantitative estimate of drug-likeness (QED) is 0.476. The van der Waals surface area contributed by atoms with Crippen LogP contribution in [0.4, 0.5) is 0 Å². The number of hydrogen-bond donors (Lipinski definition) is 3. The van der Waals surface area contributed by atoms with Gasteiger partial charge in [0.15, 0.2) is 0 Å². The number of aliphatic hydroxyl groups is 3. The standard InChI is InChI=1S/C5H12O2.C2H6O2/c1-2-4-7-5-3-6;3-1-2-4/h6H,2-5H2,1H3;3-4H,1-2H2. The third-order valence-corrected chi connectivity index (χ3v) is 0.684. The van der Waals surface area contributed by atoms with Crippen molar-refractivity contribution in [2.24, 2.45) is 0 Å². The molecule has 0 aliphatic carbocycles. The van der Waals surface area contributed by atoms with E-state index in [-0.39, 0.29) is 19.8 Å². The summed E-state index contributed by atoms with van der Waals surface area (Å²) in [6, 6.07) is 0. The first-order chi connectivity index (χ1) is 5.33. The van der Waals surface area contributed by atoms with Gasteiger partial charge in [-0.05, 0) is 6.42 Å². The van der Waals surface area contributed by atoms with E-state index in [0.717, 1.165) is 13.0 Å². The minimum absolute atomic E-state index is 0.125. The van der Waals surface area contributed by atoms with E-state index >= 15 is 0 Å². The van der Waals surface area contributed by atoms with E-state index in [1.54, 1.807) is 0 Å². The fourth-order valence-corrected chi connectivity index (χ4v) is 0.311. The average Bonchev–Trinajstić information content (AvgIpc) is 2.06. The van der Waals surface area contributed by atoms with Crippen LogP contribution in [0.1, 0.15) is 13.3 Å². The zero-order valence-electron chi connectivity index (χ0n) is 6.99. The Hall–Kier alpha value is -0.160. The Morgan fingerprint density at radius 1 is 0.909 bits per heavy atom. The first-order valence-corrected chi connectivity index (χ1v) is 3.73. The monoisotopic (exact) mass is 166 g/mol. The SMILES string of the molecule is CCCOCCO.OCCO. The van der Waals surface area contributed by atoms with Crippen molar-refractivity contribution in [2.75, 3.05) is 33.0 Å². The molecule has 0 aromatic carbocycles. The molecule has 4 nitrogen and oxygen atoms in total. The first-order valence-electron chi connectivity index (χ1n) is 3.73. The molecule has 0 fully saturated rings. The van der Waals surface area contributed by atoms with Crippen LogP contribution >= 0.6 is 0 Å². The highest BCUT2D eigenvalue weighted by molar-refractivity contribution is 4.24. The van der Waals surface area contributed by atoms with Crippen LogP contribution in [0.2, 0.25) is 0 Å². The summed E-state index contributed by atoms with van der Waals surface area (Å²) in [5, 5.41) is 23.4. The summed E-state index contributed by atoms with van der Waals surface area (Å²) in [5.74, 6) is 0. The largest absolute Gasteiger partial charge is 0.394 e. The van der Waals surface area contributed by atoms with Crippen LogP contribution in [-0.4, -0.2) is 48.4 Å². The zero-order chi connectivity index (χ0) is 8.95. The lowest BCUT2D eigenvalue weighted by Crippen LogP contribution is -1.98. The number of ether oxygens (including phenoxy) is 1. The molecule has 70 valence electrons. The molecule has 0 rings (SSSR count). The maximum atomic E-state index is 8.17. The second kappa shape index (κ2) is 16.4. The lowest BCUT2D eigenvalue weighted by Gasteiger charge is -1.94. The number of rotatable bonds is 5. The van der Waals surface area contributed by atoms with Crippen LogP contribution < -0.4 is 0 Å². The van der Waals surface area contributed by atoms with Gasteiger partial charge in [-0.2, -0.15) is 0 Å².